The van der Waals surface area contributed by atoms with E-state index >= 15 is 0 Å². The number of halogens is 4. The van der Waals surface area contributed by atoms with Crippen LogP contribution in [-0.2, 0) is 28.7 Å². The first-order valence-corrected chi connectivity index (χ1v) is 13.9. The fraction of sp³-hybridized carbons (Fsp3) is 0.269. The molecule has 0 bridgehead atoms. The Morgan fingerprint density at radius 1 is 1.21 bits per heavy atom. The number of nitrogens with zero attached hydrogens (tertiary/aromatic N) is 4. The summed E-state index contributed by atoms with van der Waals surface area (Å²) in [5.74, 6) is 0.496. The van der Waals surface area contributed by atoms with E-state index in [0.717, 1.165) is 12.1 Å². The Morgan fingerprint density at radius 2 is 2.00 bits per heavy atom. The van der Waals surface area contributed by atoms with Gasteiger partial charge in [0.15, 0.2) is 11.6 Å². The Morgan fingerprint density at radius 3 is 2.69 bits per heavy atom. The smallest absolute Gasteiger partial charge is 0.416 e. The maximum atomic E-state index is 13.0. The molecule has 1 unspecified atom stereocenters. The van der Waals surface area contributed by atoms with E-state index in [1.807, 2.05) is 23.8 Å². The predicted octanol–water partition coefficient (Wildman–Crippen LogP) is 5.87. The van der Waals surface area contributed by atoms with Crippen molar-refractivity contribution in [2.75, 3.05) is 30.4 Å². The second kappa shape index (κ2) is 12.1. The number of fused-ring (bicyclic) bond motifs is 1. The summed E-state index contributed by atoms with van der Waals surface area (Å²) in [4.78, 5) is 22.7. The minimum absolute atomic E-state index is 0.00699. The summed E-state index contributed by atoms with van der Waals surface area (Å²) >= 11 is 5.17. The van der Waals surface area contributed by atoms with Gasteiger partial charge < -0.3 is 24.1 Å². The van der Waals surface area contributed by atoms with Gasteiger partial charge >= 0.3 is 6.18 Å². The fourth-order valence-corrected chi connectivity index (χ4v) is 4.67. The van der Waals surface area contributed by atoms with Gasteiger partial charge in [-0.2, -0.15) is 13.2 Å². The van der Waals surface area contributed by atoms with E-state index in [9.17, 15) is 22.5 Å². The van der Waals surface area contributed by atoms with Gasteiger partial charge in [-0.1, -0.05) is 17.7 Å². The highest BCUT2D eigenvalue weighted by molar-refractivity contribution is 7.91. The SMILES string of the molecule is CCN(CCn1ccc2ncnc(Nc3ccc(Oc4cccc(C(F)(F)F)c4)c(Cl)c3)c21)C(=O)C[S+](C)[O-]. The first-order chi connectivity index (χ1) is 18.5. The van der Waals surface area contributed by atoms with Crippen LogP contribution in [0.25, 0.3) is 11.0 Å². The Balaban J connectivity index is 1.51. The minimum Gasteiger partial charge on any atom is -0.616 e. The molecule has 2 aromatic carbocycles. The molecule has 0 radical (unpaired) electrons. The van der Waals surface area contributed by atoms with E-state index in [1.54, 1.807) is 23.1 Å². The number of hydrogen-bond donors (Lipinski definition) is 1. The summed E-state index contributed by atoms with van der Waals surface area (Å²) < 4.78 is 58.0. The lowest BCUT2D eigenvalue weighted by atomic mass is 10.2. The van der Waals surface area contributed by atoms with Gasteiger partial charge in [0.05, 0.1) is 22.4 Å². The number of benzene rings is 2. The zero-order chi connectivity index (χ0) is 28.2. The van der Waals surface area contributed by atoms with Crippen LogP contribution in [0.1, 0.15) is 12.5 Å². The molecule has 1 amide bonds. The lowest BCUT2D eigenvalue weighted by molar-refractivity contribution is -0.137. The van der Waals surface area contributed by atoms with E-state index in [2.05, 4.69) is 15.3 Å². The molecule has 2 aromatic heterocycles. The second-order valence-corrected chi connectivity index (χ2v) is 10.4. The van der Waals surface area contributed by atoms with Crippen LogP contribution in [0.2, 0.25) is 5.02 Å². The summed E-state index contributed by atoms with van der Waals surface area (Å²) in [7, 11) is 0. The van der Waals surface area contributed by atoms with Crippen molar-refractivity contribution in [2.45, 2.75) is 19.6 Å². The molecule has 8 nitrogen and oxygen atoms in total. The van der Waals surface area contributed by atoms with Gasteiger partial charge in [-0.05, 0) is 60.6 Å². The number of anilines is 2. The summed E-state index contributed by atoms with van der Waals surface area (Å²) in [5.41, 5.74) is 1.14. The van der Waals surface area contributed by atoms with Crippen LogP contribution in [0.4, 0.5) is 24.7 Å². The zero-order valence-electron chi connectivity index (χ0n) is 21.0. The van der Waals surface area contributed by atoms with E-state index in [4.69, 9.17) is 16.3 Å². The summed E-state index contributed by atoms with van der Waals surface area (Å²) in [5, 5.41) is 3.39. The van der Waals surface area contributed by atoms with Crippen LogP contribution in [0, 0.1) is 0 Å². The zero-order valence-corrected chi connectivity index (χ0v) is 22.6. The van der Waals surface area contributed by atoms with Crippen molar-refractivity contribution in [3.8, 4) is 11.5 Å². The minimum atomic E-state index is -4.49. The number of likely N-dealkylation sites (N-methyl/N-ethyl adjacent to an activating group) is 1. The number of alkyl halides is 3. The van der Waals surface area contributed by atoms with Gasteiger partial charge in [-0.15, -0.1) is 0 Å². The number of rotatable bonds is 10. The molecule has 0 aliphatic rings. The number of carbonyl (C=O) groups is 1. The van der Waals surface area contributed by atoms with Crippen molar-refractivity contribution in [3.05, 3.63) is 71.6 Å². The van der Waals surface area contributed by atoms with Crippen LogP contribution in [-0.4, -0.2) is 55.0 Å². The average Bonchev–Trinajstić information content (AvgIpc) is 3.29. The Bertz CT molecular complexity index is 1460. The fourth-order valence-electron chi connectivity index (χ4n) is 3.92. The third-order valence-corrected chi connectivity index (χ3v) is 6.75. The number of nitrogens with one attached hydrogen (secondary N) is 1. The molecular formula is C26H25ClF3N5O3S. The predicted molar refractivity (Wildman–Crippen MR) is 145 cm³/mol. The van der Waals surface area contributed by atoms with Crippen molar-refractivity contribution < 1.29 is 27.3 Å². The topological polar surface area (TPSA) is 95.3 Å². The third-order valence-electron chi connectivity index (χ3n) is 5.81. The molecule has 39 heavy (non-hydrogen) atoms. The largest absolute Gasteiger partial charge is 0.616 e. The van der Waals surface area contributed by atoms with E-state index in [0.29, 0.717) is 42.2 Å². The van der Waals surface area contributed by atoms with Gasteiger partial charge in [0.2, 0.25) is 0 Å². The first-order valence-electron chi connectivity index (χ1n) is 11.8. The molecule has 0 aliphatic heterocycles. The second-order valence-electron chi connectivity index (χ2n) is 8.55. The lowest BCUT2D eigenvalue weighted by Crippen LogP contribution is -2.37. The van der Waals surface area contributed by atoms with Crippen molar-refractivity contribution in [3.63, 3.8) is 0 Å². The Hall–Kier alpha value is -3.48. The summed E-state index contributed by atoms with van der Waals surface area (Å²) in [6.45, 7) is 3.23. The molecule has 0 aliphatic carbocycles. The van der Waals surface area contributed by atoms with Gasteiger partial charge in [-0.25, -0.2) is 9.97 Å². The Kier molecular flexibility index (Phi) is 8.88. The van der Waals surface area contributed by atoms with Crippen LogP contribution in [0.15, 0.2) is 61.1 Å². The summed E-state index contributed by atoms with van der Waals surface area (Å²) in [6, 6.07) is 11.2. The van der Waals surface area contributed by atoms with Gasteiger partial charge in [0.1, 0.15) is 23.3 Å². The molecule has 0 spiro atoms. The van der Waals surface area contributed by atoms with Crippen molar-refractivity contribution in [2.24, 2.45) is 0 Å². The first kappa shape index (κ1) is 28.5. The quantitative estimate of drug-likeness (QED) is 0.236. The molecule has 13 heteroatoms. The molecular weight excluding hydrogens is 555 g/mol. The van der Waals surface area contributed by atoms with Crippen LogP contribution < -0.4 is 10.1 Å². The molecule has 1 N–H and O–H groups in total. The standard InChI is InChI=1S/C26H25ClF3N5O3S/c1-3-34(23(36)15-39(2)37)11-12-35-10-9-21-24(35)25(32-16-31-21)33-18-7-8-22(20(27)14-18)38-19-6-4-5-17(13-19)26(28,29)30/h4-10,13-14,16H,3,11-12,15H2,1-2H3,(H,31,32,33). The van der Waals surface area contributed by atoms with E-state index < -0.39 is 22.9 Å². The molecule has 0 fully saturated rings. The molecule has 2 heterocycles. The Labute approximate surface area is 230 Å². The highest BCUT2D eigenvalue weighted by atomic mass is 35.5. The van der Waals surface area contributed by atoms with Crippen LogP contribution >= 0.6 is 11.6 Å². The van der Waals surface area contributed by atoms with Gasteiger partial charge in [0, 0.05) is 31.5 Å². The number of carbonyl (C=O) groups excluding carboxylic acids is 1. The number of ether oxygens (including phenoxy) is 1. The molecule has 1 atom stereocenters. The molecule has 4 rings (SSSR count). The van der Waals surface area contributed by atoms with Crippen molar-refractivity contribution in [1.82, 2.24) is 19.4 Å². The maximum absolute atomic E-state index is 13.0. The average molecular weight is 580 g/mol. The molecule has 0 saturated heterocycles. The summed E-state index contributed by atoms with van der Waals surface area (Å²) in [6.07, 6.45) is 0.272. The van der Waals surface area contributed by atoms with Crippen LogP contribution in [0.5, 0.6) is 11.5 Å². The highest BCUT2D eigenvalue weighted by Gasteiger charge is 2.30. The molecule has 0 saturated carbocycles. The van der Waals surface area contributed by atoms with E-state index in [1.165, 1.54) is 24.7 Å². The lowest BCUT2D eigenvalue weighted by Gasteiger charge is -2.21. The molecule has 206 valence electrons. The van der Waals surface area contributed by atoms with Gasteiger partial charge in [0.25, 0.3) is 5.91 Å². The monoisotopic (exact) mass is 579 g/mol. The van der Waals surface area contributed by atoms with Crippen molar-refractivity contribution >= 4 is 51.2 Å². The maximum Gasteiger partial charge on any atom is 0.416 e. The van der Waals surface area contributed by atoms with E-state index in [-0.39, 0.29) is 28.2 Å². The van der Waals surface area contributed by atoms with Gasteiger partial charge in [-0.3, -0.25) is 4.79 Å². The number of hydrogen-bond acceptors (Lipinski definition) is 6. The third kappa shape index (κ3) is 7.14. The highest BCUT2D eigenvalue weighted by Crippen LogP contribution is 2.36. The number of aromatic nitrogens is 3. The van der Waals surface area contributed by atoms with Crippen LogP contribution in [0.3, 0.4) is 0 Å². The molecule has 4 aromatic rings. The normalized spacial score (nSPS) is 12.4. The number of amides is 1. The van der Waals surface area contributed by atoms with Crippen molar-refractivity contribution in [1.29, 1.82) is 0 Å².